The van der Waals surface area contributed by atoms with E-state index < -0.39 is 0 Å². The van der Waals surface area contributed by atoms with Crippen LogP contribution in [-0.4, -0.2) is 19.9 Å². The predicted octanol–water partition coefficient (Wildman–Crippen LogP) is 1.96. The fraction of sp³-hybridized carbons (Fsp3) is 0.385. The van der Waals surface area contributed by atoms with Crippen LogP contribution in [0.1, 0.15) is 36.8 Å². The number of nitrogen functional groups attached to an aromatic ring is 1. The summed E-state index contributed by atoms with van der Waals surface area (Å²) in [6.07, 6.45) is 1.70. The number of hydrazine groups is 1. The van der Waals surface area contributed by atoms with Gasteiger partial charge in [0.25, 0.3) is 0 Å². The van der Waals surface area contributed by atoms with Crippen molar-refractivity contribution in [3.05, 3.63) is 29.3 Å². The van der Waals surface area contributed by atoms with Crippen molar-refractivity contribution in [2.24, 2.45) is 5.84 Å². The maximum atomic E-state index is 5.56. The number of nitrogens with two attached hydrogens (primary N) is 1. The van der Waals surface area contributed by atoms with Crippen LogP contribution in [0.3, 0.4) is 0 Å². The predicted molar refractivity (Wildman–Crippen MR) is 74.4 cm³/mol. The SMILES string of the molecule is Cc1nccc(-c2nc(C)c(C(C)C)c(NN)n2)n1. The number of aromatic nitrogens is 4. The van der Waals surface area contributed by atoms with Crippen molar-refractivity contribution in [2.45, 2.75) is 33.6 Å². The van der Waals surface area contributed by atoms with Gasteiger partial charge in [0.05, 0.1) is 0 Å². The Kier molecular flexibility index (Phi) is 3.71. The lowest BCUT2D eigenvalue weighted by Crippen LogP contribution is -2.15. The van der Waals surface area contributed by atoms with Gasteiger partial charge < -0.3 is 5.43 Å². The van der Waals surface area contributed by atoms with E-state index in [0.29, 0.717) is 29.1 Å². The Morgan fingerprint density at radius 3 is 2.47 bits per heavy atom. The monoisotopic (exact) mass is 258 g/mol. The lowest BCUT2D eigenvalue weighted by atomic mass is 10.0. The minimum absolute atomic E-state index is 0.298. The Morgan fingerprint density at radius 2 is 1.89 bits per heavy atom. The molecule has 0 aliphatic rings. The molecule has 19 heavy (non-hydrogen) atoms. The molecular weight excluding hydrogens is 240 g/mol. The highest BCUT2D eigenvalue weighted by Crippen LogP contribution is 2.26. The molecule has 3 N–H and O–H groups in total. The van der Waals surface area contributed by atoms with Gasteiger partial charge in [0, 0.05) is 17.5 Å². The van der Waals surface area contributed by atoms with Crippen molar-refractivity contribution >= 4 is 5.82 Å². The highest BCUT2D eigenvalue weighted by molar-refractivity contribution is 5.56. The third-order valence-electron chi connectivity index (χ3n) is 2.86. The van der Waals surface area contributed by atoms with Crippen LogP contribution in [0.4, 0.5) is 5.82 Å². The molecule has 0 radical (unpaired) electrons. The highest BCUT2D eigenvalue weighted by atomic mass is 15.3. The molecule has 0 fully saturated rings. The molecule has 6 heteroatoms. The van der Waals surface area contributed by atoms with Gasteiger partial charge in [-0.3, -0.25) is 0 Å². The summed E-state index contributed by atoms with van der Waals surface area (Å²) in [4.78, 5) is 17.4. The molecule has 0 bridgehead atoms. The molecule has 0 atom stereocenters. The molecule has 100 valence electrons. The van der Waals surface area contributed by atoms with Gasteiger partial charge in [-0.05, 0) is 25.8 Å². The van der Waals surface area contributed by atoms with Gasteiger partial charge in [-0.25, -0.2) is 25.8 Å². The third-order valence-corrected chi connectivity index (χ3v) is 2.86. The number of anilines is 1. The van der Waals surface area contributed by atoms with Crippen LogP contribution in [0.25, 0.3) is 11.5 Å². The largest absolute Gasteiger partial charge is 0.308 e. The molecule has 2 rings (SSSR count). The Morgan fingerprint density at radius 1 is 1.16 bits per heavy atom. The molecule has 2 heterocycles. The van der Waals surface area contributed by atoms with Crippen LogP contribution in [0, 0.1) is 13.8 Å². The summed E-state index contributed by atoms with van der Waals surface area (Å²) in [5, 5.41) is 0. The molecule has 0 unspecified atom stereocenters. The molecular formula is C13H18N6. The van der Waals surface area contributed by atoms with Gasteiger partial charge in [-0.15, -0.1) is 0 Å². The zero-order chi connectivity index (χ0) is 14.0. The minimum Gasteiger partial charge on any atom is -0.308 e. The van der Waals surface area contributed by atoms with E-state index in [4.69, 9.17) is 5.84 Å². The molecule has 2 aromatic rings. The molecule has 0 aliphatic carbocycles. The van der Waals surface area contributed by atoms with Gasteiger partial charge in [-0.1, -0.05) is 13.8 Å². The van der Waals surface area contributed by atoms with Crippen molar-refractivity contribution in [3.63, 3.8) is 0 Å². The fourth-order valence-corrected chi connectivity index (χ4v) is 2.08. The molecule has 2 aromatic heterocycles. The number of aryl methyl sites for hydroxylation is 2. The van der Waals surface area contributed by atoms with Crippen LogP contribution in [-0.2, 0) is 0 Å². The minimum atomic E-state index is 0.298. The van der Waals surface area contributed by atoms with E-state index in [0.717, 1.165) is 11.3 Å². The van der Waals surface area contributed by atoms with E-state index >= 15 is 0 Å². The van der Waals surface area contributed by atoms with Crippen LogP contribution in [0.2, 0.25) is 0 Å². The van der Waals surface area contributed by atoms with Crippen LogP contribution in [0.15, 0.2) is 12.3 Å². The summed E-state index contributed by atoms with van der Waals surface area (Å²) >= 11 is 0. The topological polar surface area (TPSA) is 89.6 Å². The summed E-state index contributed by atoms with van der Waals surface area (Å²) < 4.78 is 0. The second-order valence-electron chi connectivity index (χ2n) is 4.68. The number of nitrogens with one attached hydrogen (secondary N) is 1. The zero-order valence-corrected chi connectivity index (χ0v) is 11.6. The quantitative estimate of drug-likeness (QED) is 0.646. The van der Waals surface area contributed by atoms with Gasteiger partial charge in [-0.2, -0.15) is 0 Å². The first kappa shape index (κ1) is 13.4. The highest BCUT2D eigenvalue weighted by Gasteiger charge is 2.15. The van der Waals surface area contributed by atoms with Gasteiger partial charge in [0.1, 0.15) is 17.3 Å². The Balaban J connectivity index is 2.58. The average Bonchev–Trinajstić information content (AvgIpc) is 2.37. The summed E-state index contributed by atoms with van der Waals surface area (Å²) in [5.41, 5.74) is 5.28. The normalized spacial score (nSPS) is 10.8. The molecule has 0 saturated heterocycles. The van der Waals surface area contributed by atoms with Gasteiger partial charge >= 0.3 is 0 Å². The van der Waals surface area contributed by atoms with E-state index in [-0.39, 0.29) is 0 Å². The Labute approximate surface area is 112 Å². The smallest absolute Gasteiger partial charge is 0.180 e. The molecule has 0 saturated carbocycles. The van der Waals surface area contributed by atoms with E-state index in [1.54, 1.807) is 12.3 Å². The summed E-state index contributed by atoms with van der Waals surface area (Å²) in [6.45, 7) is 7.96. The lowest BCUT2D eigenvalue weighted by molar-refractivity contribution is 0.830. The Hall–Kier alpha value is -2.08. The van der Waals surface area contributed by atoms with E-state index in [2.05, 4.69) is 39.2 Å². The summed E-state index contributed by atoms with van der Waals surface area (Å²) in [6, 6.07) is 1.79. The van der Waals surface area contributed by atoms with Crippen LogP contribution < -0.4 is 11.3 Å². The molecule has 0 aromatic carbocycles. The molecule has 0 amide bonds. The van der Waals surface area contributed by atoms with Crippen molar-refractivity contribution in [2.75, 3.05) is 5.43 Å². The zero-order valence-electron chi connectivity index (χ0n) is 11.6. The number of hydrogen-bond donors (Lipinski definition) is 2. The number of nitrogens with zero attached hydrogens (tertiary/aromatic N) is 4. The average molecular weight is 258 g/mol. The standard InChI is InChI=1S/C13H18N6/c1-7(2)11-8(3)16-12(18-13(11)19-14)10-5-6-15-9(4)17-10/h5-7H,14H2,1-4H3,(H,16,18,19). The van der Waals surface area contributed by atoms with E-state index in [9.17, 15) is 0 Å². The maximum absolute atomic E-state index is 5.56. The second-order valence-corrected chi connectivity index (χ2v) is 4.68. The van der Waals surface area contributed by atoms with Gasteiger partial charge in [0.2, 0.25) is 0 Å². The number of rotatable bonds is 3. The van der Waals surface area contributed by atoms with Crippen molar-refractivity contribution in [1.29, 1.82) is 0 Å². The molecule has 6 nitrogen and oxygen atoms in total. The lowest BCUT2D eigenvalue weighted by Gasteiger charge is -2.15. The van der Waals surface area contributed by atoms with Crippen LogP contribution in [0.5, 0.6) is 0 Å². The Bertz CT molecular complexity index is 594. The van der Waals surface area contributed by atoms with Crippen molar-refractivity contribution < 1.29 is 0 Å². The van der Waals surface area contributed by atoms with Crippen molar-refractivity contribution in [3.8, 4) is 11.5 Å². The molecule has 0 aliphatic heterocycles. The second kappa shape index (κ2) is 5.27. The first-order valence-electron chi connectivity index (χ1n) is 6.18. The third kappa shape index (κ3) is 2.68. The fourth-order valence-electron chi connectivity index (χ4n) is 2.08. The number of hydrogen-bond acceptors (Lipinski definition) is 6. The first-order chi connectivity index (χ1) is 9.02. The first-order valence-corrected chi connectivity index (χ1v) is 6.18. The van der Waals surface area contributed by atoms with E-state index in [1.807, 2.05) is 13.8 Å². The maximum Gasteiger partial charge on any atom is 0.180 e. The van der Waals surface area contributed by atoms with Crippen LogP contribution >= 0.6 is 0 Å². The summed E-state index contributed by atoms with van der Waals surface area (Å²) in [7, 11) is 0. The molecule has 0 spiro atoms. The van der Waals surface area contributed by atoms with E-state index in [1.165, 1.54) is 0 Å². The van der Waals surface area contributed by atoms with Crippen molar-refractivity contribution in [1.82, 2.24) is 19.9 Å². The van der Waals surface area contributed by atoms with Gasteiger partial charge in [0.15, 0.2) is 5.82 Å². The summed E-state index contributed by atoms with van der Waals surface area (Å²) in [5.74, 6) is 7.75.